The first-order chi connectivity index (χ1) is 57.4. The van der Waals surface area contributed by atoms with Gasteiger partial charge in [0.15, 0.2) is 31.0 Å². The summed E-state index contributed by atoms with van der Waals surface area (Å²) in [5.41, 5.74) is 31.0. The van der Waals surface area contributed by atoms with Crippen molar-refractivity contribution in [1.29, 1.82) is 0 Å². The Morgan fingerprint density at radius 1 is 0.235 bits per heavy atom. The predicted octanol–water partition coefficient (Wildman–Crippen LogP) is 23.8. The van der Waals surface area contributed by atoms with Crippen LogP contribution in [-0.2, 0) is 41.7 Å². The Balaban J connectivity index is 0.000000111. The first-order valence-electron chi connectivity index (χ1n) is 41.1. The van der Waals surface area contributed by atoms with Crippen LogP contribution in [0, 0.1) is 67.7 Å². The normalized spacial score (nSPS) is 11.4. The number of aryl methyl sites for hydroxylation is 14. The van der Waals surface area contributed by atoms with Gasteiger partial charge in [-0.1, -0.05) is 112 Å². The second kappa shape index (κ2) is 33.1. The standard InChI is InChI=1S/C25H27N2.C22H21N2.2C21H19N2.C20H17N2/c1-17-12-19-16-26-23-9-7-6-8-20(23)22(19)14-21(17)24-13-18(10-11-27(24)5)15-25(2,3)4;1-14-10-22(24(4)13-16(14)3)19-11-20-17(9-15(19)2)12-23-21-8-6-5-7-18(20)21;1-14-8-9-21(23(3)13-14)18-11-19-16(10-15(18)2)12-22-20-7-5-4-6-17(19)20;1-14-8-9-23(3)21(10-14)18-12-19-16(11-15(18)2)13-22-20-7-5-4-6-17(19)20;1-14-11-15-13-21-19-8-4-3-7-16(19)18(15)12-17(14)20-9-5-6-10-22(20)2/h6-14,16H,15H2,1-5H3;5-13H,1-4H3;2*4-13H,1-3H3;3-13H,1-2H3/q5*+1. The molecule has 10 aromatic carbocycles. The van der Waals surface area contributed by atoms with Crippen molar-refractivity contribution in [3.8, 4) is 56.3 Å². The Labute approximate surface area is 698 Å². The molecule has 0 saturated carbocycles. The molecule has 0 amide bonds. The molecule has 0 saturated heterocycles. The second-order valence-electron chi connectivity index (χ2n) is 33.7. The number of aromatic nitrogens is 10. The maximum absolute atomic E-state index is 4.62. The van der Waals surface area contributed by atoms with Gasteiger partial charge in [-0.15, -0.1) is 0 Å². The number of nitrogens with zero attached hydrogens (tertiary/aromatic N) is 10. The van der Waals surface area contributed by atoms with Crippen molar-refractivity contribution in [3.05, 3.63) is 360 Å². The minimum absolute atomic E-state index is 0.275. The van der Waals surface area contributed by atoms with Gasteiger partial charge >= 0.3 is 0 Å². The zero-order chi connectivity index (χ0) is 83.1. The molecule has 0 N–H and O–H groups in total. The highest BCUT2D eigenvalue weighted by atomic mass is 14.9. The van der Waals surface area contributed by atoms with E-state index in [0.29, 0.717) is 0 Å². The number of hydrogen-bond donors (Lipinski definition) is 0. The van der Waals surface area contributed by atoms with Crippen molar-refractivity contribution in [1.82, 2.24) is 24.9 Å². The minimum atomic E-state index is 0.275. The average molecular weight is 1550 g/mol. The van der Waals surface area contributed by atoms with E-state index in [2.05, 4.69) is 409 Å². The Kier molecular flexibility index (Phi) is 22.0. The van der Waals surface area contributed by atoms with Gasteiger partial charge in [0.2, 0.25) is 28.5 Å². The molecule has 0 aliphatic heterocycles. The lowest BCUT2D eigenvalue weighted by Crippen LogP contribution is -2.31. The summed E-state index contributed by atoms with van der Waals surface area (Å²) in [6.45, 7) is 26.3. The van der Waals surface area contributed by atoms with Crippen LogP contribution in [0.15, 0.2) is 305 Å². The number of fused-ring (bicyclic) bond motifs is 15. The molecule has 119 heavy (non-hydrogen) atoms. The number of benzene rings is 10. The summed E-state index contributed by atoms with van der Waals surface area (Å²) in [4.78, 5) is 22.9. The lowest BCUT2D eigenvalue weighted by Gasteiger charge is -2.18. The molecular weight excluding hydrogens is 1450 g/mol. The van der Waals surface area contributed by atoms with Crippen molar-refractivity contribution in [2.45, 2.75) is 89.5 Å². The van der Waals surface area contributed by atoms with Crippen LogP contribution in [0.5, 0.6) is 0 Å². The Hall–Kier alpha value is -13.7. The van der Waals surface area contributed by atoms with Crippen molar-refractivity contribution in [2.75, 3.05) is 0 Å². The summed E-state index contributed by atoms with van der Waals surface area (Å²) in [7, 11) is 10.5. The second-order valence-corrected chi connectivity index (χ2v) is 33.7. The van der Waals surface area contributed by atoms with Crippen molar-refractivity contribution in [3.63, 3.8) is 0 Å². The van der Waals surface area contributed by atoms with Crippen LogP contribution in [0.4, 0.5) is 0 Å². The van der Waals surface area contributed by atoms with Crippen LogP contribution in [0.2, 0.25) is 0 Å². The van der Waals surface area contributed by atoms with Gasteiger partial charge in [-0.05, 0) is 249 Å². The summed E-state index contributed by atoms with van der Waals surface area (Å²) in [5.74, 6) is 0. The van der Waals surface area contributed by atoms with E-state index < -0.39 is 0 Å². The molecular formula is C109H103N10+5. The maximum Gasteiger partial charge on any atom is 0.212 e. The minimum Gasteiger partial charge on any atom is -0.256 e. The van der Waals surface area contributed by atoms with Crippen molar-refractivity contribution >= 4 is 108 Å². The number of rotatable bonds is 6. The summed E-state index contributed by atoms with van der Waals surface area (Å²) in [6.07, 6.45) is 21.7. The molecule has 10 heterocycles. The molecule has 0 spiro atoms. The molecule has 0 unspecified atom stereocenters. The molecule has 0 aliphatic rings. The number of hydrogen-bond acceptors (Lipinski definition) is 5. The fourth-order valence-electron chi connectivity index (χ4n) is 17.0. The molecule has 0 bridgehead atoms. The highest BCUT2D eigenvalue weighted by Gasteiger charge is 2.23. The van der Waals surface area contributed by atoms with Crippen LogP contribution >= 0.6 is 0 Å². The molecule has 10 heteroatoms. The Morgan fingerprint density at radius 3 is 0.908 bits per heavy atom. The smallest absolute Gasteiger partial charge is 0.212 e. The fourth-order valence-corrected chi connectivity index (χ4v) is 17.0. The quantitative estimate of drug-likeness (QED) is 0.122. The summed E-state index contributed by atoms with van der Waals surface area (Å²) >= 11 is 0. The van der Waals surface area contributed by atoms with E-state index in [1.807, 2.05) is 61.3 Å². The average Bonchev–Trinajstić information content (AvgIpc) is 0.784. The molecule has 10 nitrogen and oxygen atoms in total. The van der Waals surface area contributed by atoms with Gasteiger partial charge in [-0.3, -0.25) is 24.9 Å². The first kappa shape index (κ1) is 79.2. The van der Waals surface area contributed by atoms with Gasteiger partial charge in [-0.2, -0.15) is 0 Å². The number of pyridine rings is 10. The lowest BCUT2D eigenvalue weighted by molar-refractivity contribution is -0.660. The van der Waals surface area contributed by atoms with Gasteiger partial charge in [0.25, 0.3) is 0 Å². The number of para-hydroxylation sites is 5. The zero-order valence-electron chi connectivity index (χ0n) is 71.5. The van der Waals surface area contributed by atoms with Gasteiger partial charge in [-0.25, -0.2) is 22.8 Å². The van der Waals surface area contributed by atoms with E-state index in [9.17, 15) is 0 Å². The SMILES string of the molecule is Cc1cc(-c2cc3c(cnc4ccccc43)cc2C)[n+](C)cc1C.Cc1cc2cnc3ccccc3c2cc1-c1cc(CC(C)(C)C)cc[n+]1C.Cc1cc2cnc3ccccc3c2cc1-c1cccc[n+]1C.Cc1cc[n+](C)c(-c2cc3c(cnc4ccccc43)cc2C)c1.Cc1ccc(-c2cc3c(cnc4ccccc43)cc2C)[n+](C)c1. The van der Waals surface area contributed by atoms with Crippen molar-refractivity contribution < 1.29 is 22.8 Å². The molecule has 0 radical (unpaired) electrons. The maximum atomic E-state index is 4.62. The third kappa shape index (κ3) is 16.5. The summed E-state index contributed by atoms with van der Waals surface area (Å²) in [5, 5.41) is 18.3. The van der Waals surface area contributed by atoms with Crippen LogP contribution in [-0.4, -0.2) is 24.9 Å². The summed E-state index contributed by atoms with van der Waals surface area (Å²) in [6, 6.07) is 86.5. The molecule has 584 valence electrons. The van der Waals surface area contributed by atoms with Gasteiger partial charge in [0, 0.05) is 172 Å². The third-order valence-electron chi connectivity index (χ3n) is 23.4. The van der Waals surface area contributed by atoms with E-state index in [1.165, 1.54) is 193 Å². The first-order valence-corrected chi connectivity index (χ1v) is 41.1. The Bertz CT molecular complexity index is 7380. The molecule has 20 rings (SSSR count). The highest BCUT2D eigenvalue weighted by Crippen LogP contribution is 2.38. The summed E-state index contributed by atoms with van der Waals surface area (Å²) < 4.78 is 11.0. The molecule has 0 aliphatic carbocycles. The van der Waals surface area contributed by atoms with Gasteiger partial charge in [0.05, 0.1) is 27.6 Å². The molecule has 10 aromatic heterocycles. The largest absolute Gasteiger partial charge is 0.256 e. The van der Waals surface area contributed by atoms with E-state index in [1.54, 1.807) is 0 Å². The molecule has 20 aromatic rings. The van der Waals surface area contributed by atoms with E-state index in [0.717, 1.165) is 34.0 Å². The fraction of sp³-hybridized carbons (Fsp3) is 0.174. The van der Waals surface area contributed by atoms with Gasteiger partial charge < -0.3 is 0 Å². The topological polar surface area (TPSA) is 83.9 Å². The molecule has 0 fully saturated rings. The predicted molar refractivity (Wildman–Crippen MR) is 495 cm³/mol. The Morgan fingerprint density at radius 2 is 0.546 bits per heavy atom. The van der Waals surface area contributed by atoms with Crippen LogP contribution in [0.25, 0.3) is 165 Å². The van der Waals surface area contributed by atoms with E-state index >= 15 is 0 Å². The third-order valence-corrected chi connectivity index (χ3v) is 23.4. The van der Waals surface area contributed by atoms with Crippen LogP contribution in [0.1, 0.15) is 76.4 Å². The van der Waals surface area contributed by atoms with E-state index in [-0.39, 0.29) is 5.41 Å². The zero-order valence-corrected chi connectivity index (χ0v) is 71.5. The monoisotopic (exact) mass is 1550 g/mol. The highest BCUT2D eigenvalue weighted by molar-refractivity contribution is 6.11. The van der Waals surface area contributed by atoms with Gasteiger partial charge in [0.1, 0.15) is 35.2 Å². The van der Waals surface area contributed by atoms with Crippen molar-refractivity contribution in [2.24, 2.45) is 40.7 Å². The van der Waals surface area contributed by atoms with Crippen LogP contribution < -0.4 is 22.8 Å². The van der Waals surface area contributed by atoms with Crippen LogP contribution in [0.3, 0.4) is 0 Å². The lowest BCUT2D eigenvalue weighted by atomic mass is 9.87. The molecule has 0 atom stereocenters. The van der Waals surface area contributed by atoms with E-state index in [4.69, 9.17) is 0 Å².